The van der Waals surface area contributed by atoms with Crippen molar-refractivity contribution in [1.29, 1.82) is 0 Å². The molecule has 0 saturated carbocycles. The van der Waals surface area contributed by atoms with E-state index in [0.717, 1.165) is 0 Å². The van der Waals surface area contributed by atoms with E-state index in [2.05, 4.69) is 32.2 Å². The van der Waals surface area contributed by atoms with Gasteiger partial charge >= 0.3 is 0 Å². The van der Waals surface area contributed by atoms with Crippen LogP contribution in [0.3, 0.4) is 0 Å². The van der Waals surface area contributed by atoms with Crippen molar-refractivity contribution in [2.75, 3.05) is 0 Å². The SMILES string of the molecule is C/C=C(/C)NC(C)CC. The Balaban J connectivity index is 3.47. The molecule has 1 heteroatoms. The quantitative estimate of drug-likeness (QED) is 0.613. The average molecular weight is 127 g/mol. The molecule has 0 radical (unpaired) electrons. The summed E-state index contributed by atoms with van der Waals surface area (Å²) >= 11 is 0. The van der Waals surface area contributed by atoms with Gasteiger partial charge in [-0.25, -0.2) is 0 Å². The molecule has 1 N–H and O–H groups in total. The Morgan fingerprint density at radius 2 is 2.22 bits per heavy atom. The first-order valence-electron chi connectivity index (χ1n) is 3.60. The highest BCUT2D eigenvalue weighted by atomic mass is 14.9. The summed E-state index contributed by atoms with van der Waals surface area (Å²) in [5.74, 6) is 0. The maximum Gasteiger partial charge on any atom is 0.0227 e. The number of rotatable bonds is 3. The second-order valence-electron chi connectivity index (χ2n) is 2.43. The Labute approximate surface area is 58.2 Å². The molecule has 9 heavy (non-hydrogen) atoms. The summed E-state index contributed by atoms with van der Waals surface area (Å²) in [7, 11) is 0. The van der Waals surface area contributed by atoms with Gasteiger partial charge in [-0.15, -0.1) is 0 Å². The molecule has 0 aromatic rings. The van der Waals surface area contributed by atoms with Gasteiger partial charge in [0.1, 0.15) is 0 Å². The highest BCUT2D eigenvalue weighted by molar-refractivity contribution is 4.93. The molecule has 1 atom stereocenters. The third-order valence-corrected chi connectivity index (χ3v) is 1.52. The zero-order chi connectivity index (χ0) is 7.28. The van der Waals surface area contributed by atoms with Gasteiger partial charge < -0.3 is 5.32 Å². The van der Waals surface area contributed by atoms with E-state index in [1.807, 2.05) is 6.92 Å². The molecule has 0 bridgehead atoms. The molecule has 54 valence electrons. The molecule has 0 aliphatic carbocycles. The predicted octanol–water partition coefficient (Wildman–Crippen LogP) is 2.30. The van der Waals surface area contributed by atoms with Crippen molar-refractivity contribution in [2.24, 2.45) is 0 Å². The van der Waals surface area contributed by atoms with Gasteiger partial charge in [-0.05, 0) is 27.2 Å². The van der Waals surface area contributed by atoms with Crippen LogP contribution in [0.5, 0.6) is 0 Å². The van der Waals surface area contributed by atoms with E-state index in [1.54, 1.807) is 0 Å². The van der Waals surface area contributed by atoms with Crippen LogP contribution in [0.1, 0.15) is 34.1 Å². The van der Waals surface area contributed by atoms with E-state index < -0.39 is 0 Å². The van der Waals surface area contributed by atoms with Crippen LogP contribution in [0.4, 0.5) is 0 Å². The van der Waals surface area contributed by atoms with Gasteiger partial charge in [-0.2, -0.15) is 0 Å². The molecule has 0 aromatic carbocycles. The molecule has 0 aliphatic heterocycles. The Hall–Kier alpha value is -0.460. The van der Waals surface area contributed by atoms with Gasteiger partial charge in [0.2, 0.25) is 0 Å². The van der Waals surface area contributed by atoms with Gasteiger partial charge in [-0.1, -0.05) is 13.0 Å². The lowest BCUT2D eigenvalue weighted by Crippen LogP contribution is -2.22. The normalized spacial score (nSPS) is 15.3. The minimum atomic E-state index is 0.612. The minimum absolute atomic E-state index is 0.612. The zero-order valence-electron chi connectivity index (χ0n) is 6.86. The van der Waals surface area contributed by atoms with Crippen LogP contribution in [0.2, 0.25) is 0 Å². The Kier molecular flexibility index (Phi) is 4.20. The topological polar surface area (TPSA) is 12.0 Å². The number of allylic oxidation sites excluding steroid dienone is 2. The third-order valence-electron chi connectivity index (χ3n) is 1.52. The number of hydrogen-bond acceptors (Lipinski definition) is 1. The van der Waals surface area contributed by atoms with Crippen molar-refractivity contribution in [3.63, 3.8) is 0 Å². The van der Waals surface area contributed by atoms with Crippen molar-refractivity contribution in [3.05, 3.63) is 11.8 Å². The number of hydrogen-bond donors (Lipinski definition) is 1. The smallest absolute Gasteiger partial charge is 0.0227 e. The molecule has 0 fully saturated rings. The average Bonchev–Trinajstić information content (AvgIpc) is 1.87. The maximum absolute atomic E-state index is 3.34. The van der Waals surface area contributed by atoms with Gasteiger partial charge in [0.25, 0.3) is 0 Å². The van der Waals surface area contributed by atoms with Gasteiger partial charge in [0.05, 0.1) is 0 Å². The van der Waals surface area contributed by atoms with E-state index in [-0.39, 0.29) is 0 Å². The van der Waals surface area contributed by atoms with E-state index in [0.29, 0.717) is 6.04 Å². The summed E-state index contributed by atoms with van der Waals surface area (Å²) < 4.78 is 0. The molecule has 1 nitrogen and oxygen atoms in total. The second kappa shape index (κ2) is 4.42. The molecular weight excluding hydrogens is 110 g/mol. The van der Waals surface area contributed by atoms with Crippen molar-refractivity contribution >= 4 is 0 Å². The Bertz CT molecular complexity index is 94.7. The lowest BCUT2D eigenvalue weighted by molar-refractivity contribution is 0.595. The number of nitrogens with one attached hydrogen (secondary N) is 1. The molecule has 0 rings (SSSR count). The molecule has 0 aliphatic rings. The van der Waals surface area contributed by atoms with Crippen molar-refractivity contribution in [1.82, 2.24) is 5.32 Å². The van der Waals surface area contributed by atoms with Crippen molar-refractivity contribution in [3.8, 4) is 0 Å². The molecule has 0 aromatic heterocycles. The standard InChI is InChI=1S/C8H17N/c1-5-7(3)9-8(4)6-2/h5,8-9H,6H2,1-4H3/b7-5-. The van der Waals surface area contributed by atoms with E-state index in [9.17, 15) is 0 Å². The highest BCUT2D eigenvalue weighted by Crippen LogP contribution is 1.92. The van der Waals surface area contributed by atoms with Crippen molar-refractivity contribution in [2.45, 2.75) is 40.2 Å². The first-order chi connectivity index (χ1) is 4.20. The Morgan fingerprint density at radius 1 is 1.67 bits per heavy atom. The van der Waals surface area contributed by atoms with Crippen LogP contribution >= 0.6 is 0 Å². The monoisotopic (exact) mass is 127 g/mol. The largest absolute Gasteiger partial charge is 0.386 e. The highest BCUT2D eigenvalue weighted by Gasteiger charge is 1.93. The molecule has 0 heterocycles. The lowest BCUT2D eigenvalue weighted by Gasteiger charge is -2.11. The van der Waals surface area contributed by atoms with Gasteiger partial charge in [0, 0.05) is 11.7 Å². The second-order valence-corrected chi connectivity index (χ2v) is 2.43. The fraction of sp³-hybridized carbons (Fsp3) is 0.750. The molecule has 1 unspecified atom stereocenters. The summed E-state index contributed by atoms with van der Waals surface area (Å²) in [5.41, 5.74) is 1.27. The van der Waals surface area contributed by atoms with Crippen LogP contribution in [0.25, 0.3) is 0 Å². The maximum atomic E-state index is 3.34. The van der Waals surface area contributed by atoms with Crippen LogP contribution < -0.4 is 5.32 Å². The molecular formula is C8H17N. The van der Waals surface area contributed by atoms with E-state index in [4.69, 9.17) is 0 Å². The predicted molar refractivity (Wildman–Crippen MR) is 42.3 cm³/mol. The summed E-state index contributed by atoms with van der Waals surface area (Å²) in [4.78, 5) is 0. The summed E-state index contributed by atoms with van der Waals surface area (Å²) in [5, 5.41) is 3.34. The zero-order valence-corrected chi connectivity index (χ0v) is 6.86. The molecule has 0 amide bonds. The fourth-order valence-corrected chi connectivity index (χ4v) is 0.574. The summed E-state index contributed by atoms with van der Waals surface area (Å²) in [6, 6.07) is 0.612. The third kappa shape index (κ3) is 4.07. The van der Waals surface area contributed by atoms with Crippen molar-refractivity contribution < 1.29 is 0 Å². The Morgan fingerprint density at radius 3 is 2.56 bits per heavy atom. The summed E-state index contributed by atoms with van der Waals surface area (Å²) in [6.45, 7) is 8.50. The van der Waals surface area contributed by atoms with Crippen LogP contribution in [0, 0.1) is 0 Å². The van der Waals surface area contributed by atoms with E-state index >= 15 is 0 Å². The lowest BCUT2D eigenvalue weighted by atomic mass is 10.2. The minimum Gasteiger partial charge on any atom is -0.386 e. The van der Waals surface area contributed by atoms with Gasteiger partial charge in [-0.3, -0.25) is 0 Å². The summed E-state index contributed by atoms with van der Waals surface area (Å²) in [6.07, 6.45) is 3.28. The van der Waals surface area contributed by atoms with Gasteiger partial charge in [0.15, 0.2) is 0 Å². The van der Waals surface area contributed by atoms with Crippen LogP contribution in [-0.2, 0) is 0 Å². The first-order valence-corrected chi connectivity index (χ1v) is 3.60. The first kappa shape index (κ1) is 8.54. The molecule has 0 saturated heterocycles. The van der Waals surface area contributed by atoms with Crippen LogP contribution in [0.15, 0.2) is 11.8 Å². The van der Waals surface area contributed by atoms with E-state index in [1.165, 1.54) is 12.1 Å². The fourth-order valence-electron chi connectivity index (χ4n) is 0.574. The molecule has 0 spiro atoms. The van der Waals surface area contributed by atoms with Crippen LogP contribution in [-0.4, -0.2) is 6.04 Å².